The van der Waals surface area contributed by atoms with Crippen LogP contribution in [0.2, 0.25) is 0 Å². The van der Waals surface area contributed by atoms with Gasteiger partial charge in [0.2, 0.25) is 0 Å². The average molecular weight is 270 g/mol. The zero-order valence-electron chi connectivity index (χ0n) is 11.5. The molecule has 0 aliphatic carbocycles. The molecule has 0 atom stereocenters. The van der Waals surface area contributed by atoms with Crippen LogP contribution in [0.5, 0.6) is 5.75 Å². The molecule has 0 N–H and O–H groups in total. The fraction of sp³-hybridized carbons (Fsp3) is 0.235. The third-order valence-corrected chi connectivity index (χ3v) is 2.93. The third kappa shape index (κ3) is 4.52. The topological polar surface area (TPSA) is 35.5 Å². The second-order valence-corrected chi connectivity index (χ2v) is 4.54. The molecule has 0 saturated carbocycles. The lowest BCUT2D eigenvalue weighted by Gasteiger charge is -2.05. The van der Waals surface area contributed by atoms with E-state index in [1.54, 1.807) is 7.11 Å². The van der Waals surface area contributed by atoms with Crippen molar-refractivity contribution < 1.29 is 14.3 Å². The number of benzene rings is 2. The normalized spacial score (nSPS) is 10.2. The van der Waals surface area contributed by atoms with Gasteiger partial charge in [-0.05, 0) is 23.3 Å². The SMILES string of the molecule is COc1ccc(COCC(=O)Cc2ccccc2)cc1. The Balaban J connectivity index is 1.73. The van der Waals surface area contributed by atoms with Gasteiger partial charge >= 0.3 is 0 Å². The summed E-state index contributed by atoms with van der Waals surface area (Å²) in [6.07, 6.45) is 0.420. The van der Waals surface area contributed by atoms with Gasteiger partial charge in [-0.15, -0.1) is 0 Å². The molecular weight excluding hydrogens is 252 g/mol. The van der Waals surface area contributed by atoms with E-state index in [9.17, 15) is 4.79 Å². The van der Waals surface area contributed by atoms with Crippen molar-refractivity contribution in [1.82, 2.24) is 0 Å². The van der Waals surface area contributed by atoms with Crippen LogP contribution >= 0.6 is 0 Å². The number of carbonyl (C=O) groups excluding carboxylic acids is 1. The number of hydrogen-bond acceptors (Lipinski definition) is 3. The molecule has 3 nitrogen and oxygen atoms in total. The predicted octanol–water partition coefficient (Wildman–Crippen LogP) is 3.02. The van der Waals surface area contributed by atoms with Gasteiger partial charge in [-0.2, -0.15) is 0 Å². The minimum atomic E-state index is 0.0877. The molecule has 0 aromatic heterocycles. The van der Waals surface area contributed by atoms with Crippen LogP contribution < -0.4 is 4.74 Å². The summed E-state index contributed by atoms with van der Waals surface area (Å²) in [7, 11) is 1.63. The molecule has 0 spiro atoms. The average Bonchev–Trinajstić information content (AvgIpc) is 2.49. The summed E-state index contributed by atoms with van der Waals surface area (Å²) in [6.45, 7) is 0.575. The number of hydrogen-bond donors (Lipinski definition) is 0. The van der Waals surface area contributed by atoms with Gasteiger partial charge in [-0.3, -0.25) is 4.79 Å². The molecule has 20 heavy (non-hydrogen) atoms. The number of carbonyl (C=O) groups is 1. The first-order valence-corrected chi connectivity index (χ1v) is 6.54. The smallest absolute Gasteiger partial charge is 0.162 e. The fourth-order valence-electron chi connectivity index (χ4n) is 1.88. The minimum Gasteiger partial charge on any atom is -0.497 e. The van der Waals surface area contributed by atoms with Gasteiger partial charge in [0.05, 0.1) is 13.7 Å². The zero-order valence-corrected chi connectivity index (χ0v) is 11.5. The van der Waals surface area contributed by atoms with Crippen LogP contribution in [0, 0.1) is 0 Å². The molecule has 0 aliphatic rings. The first-order chi connectivity index (χ1) is 9.78. The van der Waals surface area contributed by atoms with Crippen molar-refractivity contribution in [1.29, 1.82) is 0 Å². The molecular formula is C17H18O3. The Morgan fingerprint density at radius 3 is 2.30 bits per heavy atom. The number of ketones is 1. The molecule has 2 aromatic rings. The molecule has 0 amide bonds. The summed E-state index contributed by atoms with van der Waals surface area (Å²) in [4.78, 5) is 11.8. The van der Waals surface area contributed by atoms with Crippen molar-refractivity contribution in [2.24, 2.45) is 0 Å². The van der Waals surface area contributed by atoms with Gasteiger partial charge < -0.3 is 9.47 Å². The van der Waals surface area contributed by atoms with E-state index in [0.29, 0.717) is 13.0 Å². The highest BCUT2D eigenvalue weighted by molar-refractivity contribution is 5.82. The van der Waals surface area contributed by atoms with Gasteiger partial charge in [-0.25, -0.2) is 0 Å². The Kier molecular flexibility index (Phi) is 5.33. The van der Waals surface area contributed by atoms with Crippen molar-refractivity contribution in [2.45, 2.75) is 13.0 Å². The van der Waals surface area contributed by atoms with E-state index in [0.717, 1.165) is 16.9 Å². The minimum absolute atomic E-state index is 0.0877. The van der Waals surface area contributed by atoms with Crippen LogP contribution in [-0.4, -0.2) is 19.5 Å². The second-order valence-electron chi connectivity index (χ2n) is 4.54. The Hall–Kier alpha value is -2.13. The second kappa shape index (κ2) is 7.46. The predicted molar refractivity (Wildman–Crippen MR) is 77.8 cm³/mol. The highest BCUT2D eigenvalue weighted by atomic mass is 16.5. The maximum Gasteiger partial charge on any atom is 0.162 e. The third-order valence-electron chi connectivity index (χ3n) is 2.93. The number of methoxy groups -OCH3 is 1. The van der Waals surface area contributed by atoms with E-state index in [1.807, 2.05) is 54.6 Å². The monoisotopic (exact) mass is 270 g/mol. The van der Waals surface area contributed by atoms with E-state index >= 15 is 0 Å². The van der Waals surface area contributed by atoms with E-state index in [-0.39, 0.29) is 12.4 Å². The zero-order chi connectivity index (χ0) is 14.2. The lowest BCUT2D eigenvalue weighted by atomic mass is 10.1. The van der Waals surface area contributed by atoms with Crippen LogP contribution in [0.25, 0.3) is 0 Å². The molecule has 2 aromatic carbocycles. The summed E-state index contributed by atoms with van der Waals surface area (Å²) in [5, 5.41) is 0. The quantitative estimate of drug-likeness (QED) is 0.775. The molecule has 3 heteroatoms. The largest absolute Gasteiger partial charge is 0.497 e. The van der Waals surface area contributed by atoms with E-state index < -0.39 is 0 Å². The van der Waals surface area contributed by atoms with Crippen molar-refractivity contribution in [3.63, 3.8) is 0 Å². The van der Waals surface area contributed by atoms with Crippen molar-refractivity contribution in [3.05, 3.63) is 65.7 Å². The van der Waals surface area contributed by atoms with Crippen LogP contribution in [0.1, 0.15) is 11.1 Å². The fourth-order valence-corrected chi connectivity index (χ4v) is 1.88. The molecule has 0 heterocycles. The van der Waals surface area contributed by atoms with Gasteiger partial charge in [0.15, 0.2) is 5.78 Å². The summed E-state index contributed by atoms with van der Waals surface area (Å²) in [5.41, 5.74) is 2.05. The number of Topliss-reactive ketones (excluding diaryl/α,β-unsaturated/α-hetero) is 1. The van der Waals surface area contributed by atoms with Crippen molar-refractivity contribution in [2.75, 3.05) is 13.7 Å². The summed E-state index contributed by atoms with van der Waals surface area (Å²) >= 11 is 0. The lowest BCUT2D eigenvalue weighted by molar-refractivity contribution is -0.123. The highest BCUT2D eigenvalue weighted by Gasteiger charge is 2.04. The Morgan fingerprint density at radius 1 is 0.950 bits per heavy atom. The molecule has 2 rings (SSSR count). The van der Waals surface area contributed by atoms with Crippen LogP contribution in [0.15, 0.2) is 54.6 Å². The van der Waals surface area contributed by atoms with Crippen LogP contribution in [0.3, 0.4) is 0 Å². The molecule has 0 aliphatic heterocycles. The summed E-state index contributed by atoms with van der Waals surface area (Å²) in [5.74, 6) is 0.901. The lowest BCUT2D eigenvalue weighted by Crippen LogP contribution is -2.11. The van der Waals surface area contributed by atoms with Crippen molar-refractivity contribution >= 4 is 5.78 Å². The first kappa shape index (κ1) is 14.3. The molecule has 0 fully saturated rings. The number of ether oxygens (including phenoxy) is 2. The summed E-state index contributed by atoms with van der Waals surface area (Å²) < 4.78 is 10.5. The van der Waals surface area contributed by atoms with Crippen molar-refractivity contribution in [3.8, 4) is 5.75 Å². The first-order valence-electron chi connectivity index (χ1n) is 6.54. The number of rotatable bonds is 7. The van der Waals surface area contributed by atoms with Gasteiger partial charge in [0.25, 0.3) is 0 Å². The maximum absolute atomic E-state index is 11.8. The van der Waals surface area contributed by atoms with Gasteiger partial charge in [0.1, 0.15) is 12.4 Å². The van der Waals surface area contributed by atoms with Crippen LogP contribution in [0.4, 0.5) is 0 Å². The Bertz CT molecular complexity index is 532. The van der Waals surface area contributed by atoms with Gasteiger partial charge in [0, 0.05) is 6.42 Å². The maximum atomic E-state index is 11.8. The standard InChI is InChI=1S/C17H18O3/c1-19-17-9-7-15(8-10-17)12-20-13-16(18)11-14-5-3-2-4-6-14/h2-10H,11-13H2,1H3. The molecule has 0 bridgehead atoms. The van der Waals surface area contributed by atoms with E-state index in [2.05, 4.69) is 0 Å². The highest BCUT2D eigenvalue weighted by Crippen LogP contribution is 2.12. The molecule has 0 radical (unpaired) electrons. The van der Waals surface area contributed by atoms with E-state index in [4.69, 9.17) is 9.47 Å². The summed E-state index contributed by atoms with van der Waals surface area (Å²) in [6, 6.07) is 17.3. The Morgan fingerprint density at radius 2 is 1.65 bits per heavy atom. The van der Waals surface area contributed by atoms with Gasteiger partial charge in [-0.1, -0.05) is 42.5 Å². The molecule has 0 unspecified atom stereocenters. The molecule has 0 saturated heterocycles. The Labute approximate surface area is 119 Å². The molecule has 104 valence electrons. The van der Waals surface area contributed by atoms with Crippen LogP contribution in [-0.2, 0) is 22.6 Å². The van der Waals surface area contributed by atoms with E-state index in [1.165, 1.54) is 0 Å².